The Morgan fingerprint density at radius 2 is 1.76 bits per heavy atom. The lowest BCUT2D eigenvalue weighted by Crippen LogP contribution is -2.49. The zero-order valence-electron chi connectivity index (χ0n) is 16.3. The number of amides is 2. The van der Waals surface area contributed by atoms with Crippen molar-refractivity contribution >= 4 is 11.8 Å². The highest BCUT2D eigenvalue weighted by molar-refractivity contribution is 5.97. The van der Waals surface area contributed by atoms with Crippen LogP contribution in [0.25, 0.3) is 5.69 Å². The Morgan fingerprint density at radius 1 is 1.07 bits per heavy atom. The van der Waals surface area contributed by atoms with Crippen LogP contribution in [0.1, 0.15) is 29.8 Å². The molecule has 6 nitrogen and oxygen atoms in total. The van der Waals surface area contributed by atoms with Crippen LogP contribution in [0.4, 0.5) is 4.39 Å². The third-order valence-electron chi connectivity index (χ3n) is 4.48. The molecule has 1 atom stereocenters. The van der Waals surface area contributed by atoms with Crippen molar-refractivity contribution in [3.05, 3.63) is 83.9 Å². The lowest BCUT2D eigenvalue weighted by Gasteiger charge is -2.21. The molecular formula is C22H23FN4O2. The summed E-state index contributed by atoms with van der Waals surface area (Å²) in [4.78, 5) is 25.0. The van der Waals surface area contributed by atoms with E-state index >= 15 is 0 Å². The zero-order chi connectivity index (χ0) is 20.8. The smallest absolute Gasteiger partial charge is 0.254 e. The summed E-state index contributed by atoms with van der Waals surface area (Å²) < 4.78 is 15.6. The lowest BCUT2D eigenvalue weighted by atomic mass is 10.0. The van der Waals surface area contributed by atoms with Crippen LogP contribution >= 0.6 is 0 Å². The van der Waals surface area contributed by atoms with E-state index in [1.807, 2.05) is 50.4 Å². The van der Waals surface area contributed by atoms with Crippen LogP contribution in [0.15, 0.2) is 67.0 Å². The van der Waals surface area contributed by atoms with Crippen LogP contribution < -0.4 is 10.6 Å². The highest BCUT2D eigenvalue weighted by Crippen LogP contribution is 2.10. The summed E-state index contributed by atoms with van der Waals surface area (Å²) in [5.74, 6) is -1.75. The monoisotopic (exact) mass is 394 g/mol. The fraction of sp³-hybridized carbons (Fsp3) is 0.227. The number of carbonyl (C=O) groups is 2. The molecule has 1 aromatic heterocycles. The summed E-state index contributed by atoms with van der Waals surface area (Å²) in [5, 5.41) is 9.74. The molecule has 29 heavy (non-hydrogen) atoms. The van der Waals surface area contributed by atoms with Crippen molar-refractivity contribution in [3.8, 4) is 5.69 Å². The Kier molecular flexibility index (Phi) is 6.39. The van der Waals surface area contributed by atoms with Crippen LogP contribution in [-0.2, 0) is 11.3 Å². The Labute approximate surface area is 168 Å². The Hall–Kier alpha value is -3.48. The van der Waals surface area contributed by atoms with Gasteiger partial charge in [-0.3, -0.25) is 9.59 Å². The van der Waals surface area contributed by atoms with E-state index in [9.17, 15) is 14.0 Å². The van der Waals surface area contributed by atoms with Gasteiger partial charge in [0.2, 0.25) is 5.91 Å². The molecule has 3 aromatic rings. The molecule has 0 aliphatic rings. The van der Waals surface area contributed by atoms with Gasteiger partial charge < -0.3 is 10.6 Å². The molecule has 0 saturated heterocycles. The molecule has 1 heterocycles. The number of aromatic nitrogens is 2. The van der Waals surface area contributed by atoms with E-state index in [1.165, 1.54) is 18.2 Å². The van der Waals surface area contributed by atoms with Gasteiger partial charge in [-0.15, -0.1) is 0 Å². The fourth-order valence-electron chi connectivity index (χ4n) is 2.87. The van der Waals surface area contributed by atoms with Gasteiger partial charge in [0.25, 0.3) is 5.91 Å². The Balaban J connectivity index is 1.62. The molecule has 0 saturated carbocycles. The van der Waals surface area contributed by atoms with Gasteiger partial charge in [-0.2, -0.15) is 5.10 Å². The normalized spacial score (nSPS) is 11.9. The molecule has 2 amide bonds. The first-order chi connectivity index (χ1) is 14.0. The maximum atomic E-state index is 13.8. The fourth-order valence-corrected chi connectivity index (χ4v) is 2.87. The molecule has 150 valence electrons. The average Bonchev–Trinajstić information content (AvgIpc) is 3.20. The average molecular weight is 394 g/mol. The summed E-state index contributed by atoms with van der Waals surface area (Å²) in [6.45, 7) is 3.91. The molecule has 0 spiro atoms. The number of nitrogens with one attached hydrogen (secondary N) is 2. The lowest BCUT2D eigenvalue weighted by molar-refractivity contribution is -0.124. The van der Waals surface area contributed by atoms with Crippen molar-refractivity contribution in [1.29, 1.82) is 0 Å². The summed E-state index contributed by atoms with van der Waals surface area (Å²) >= 11 is 0. The van der Waals surface area contributed by atoms with Crippen LogP contribution in [0, 0.1) is 11.7 Å². The summed E-state index contributed by atoms with van der Waals surface area (Å²) in [6.07, 6.45) is 3.51. The second kappa shape index (κ2) is 9.14. The number of para-hydroxylation sites is 1. The van der Waals surface area contributed by atoms with Gasteiger partial charge in [-0.25, -0.2) is 9.07 Å². The van der Waals surface area contributed by atoms with Crippen LogP contribution in [0.2, 0.25) is 0 Å². The third-order valence-corrected chi connectivity index (χ3v) is 4.48. The minimum Gasteiger partial charge on any atom is -0.350 e. The van der Waals surface area contributed by atoms with E-state index in [1.54, 1.807) is 16.9 Å². The summed E-state index contributed by atoms with van der Waals surface area (Å²) in [7, 11) is 0. The van der Waals surface area contributed by atoms with Gasteiger partial charge in [0.15, 0.2) is 0 Å². The van der Waals surface area contributed by atoms with Gasteiger partial charge in [-0.05, 0) is 30.2 Å². The molecule has 0 fully saturated rings. The van der Waals surface area contributed by atoms with E-state index in [-0.39, 0.29) is 23.9 Å². The first kappa shape index (κ1) is 20.3. The second-order valence-corrected chi connectivity index (χ2v) is 7.02. The summed E-state index contributed by atoms with van der Waals surface area (Å²) in [6, 6.07) is 14.5. The Morgan fingerprint density at radius 3 is 2.45 bits per heavy atom. The molecular weight excluding hydrogens is 371 g/mol. The summed E-state index contributed by atoms with van der Waals surface area (Å²) in [5.41, 5.74) is 1.66. The van der Waals surface area contributed by atoms with Gasteiger partial charge in [0.05, 0.1) is 17.4 Å². The maximum Gasteiger partial charge on any atom is 0.254 e. The van der Waals surface area contributed by atoms with Gasteiger partial charge >= 0.3 is 0 Å². The molecule has 0 radical (unpaired) electrons. The van der Waals surface area contributed by atoms with E-state index in [0.29, 0.717) is 0 Å². The van der Waals surface area contributed by atoms with E-state index < -0.39 is 17.8 Å². The van der Waals surface area contributed by atoms with Crippen LogP contribution in [0.5, 0.6) is 0 Å². The molecule has 7 heteroatoms. The molecule has 0 aliphatic heterocycles. The van der Waals surface area contributed by atoms with E-state index in [4.69, 9.17) is 0 Å². The number of rotatable bonds is 7. The van der Waals surface area contributed by atoms with Crippen molar-refractivity contribution in [2.75, 3.05) is 0 Å². The number of benzene rings is 2. The standard InChI is InChI=1S/C22H23FN4O2/c1-15(2)20(26-21(28)18-10-6-7-11-19(18)23)22(29)24-12-16-13-25-27(14-16)17-8-4-3-5-9-17/h3-11,13-15,20H,12H2,1-2H3,(H,24,29)(H,26,28)/t20-/m1/s1. The van der Waals surface area contributed by atoms with Gasteiger partial charge in [0.1, 0.15) is 11.9 Å². The van der Waals surface area contributed by atoms with Crippen LogP contribution in [0.3, 0.4) is 0 Å². The first-order valence-corrected chi connectivity index (χ1v) is 9.38. The van der Waals surface area contributed by atoms with Crippen molar-refractivity contribution in [1.82, 2.24) is 20.4 Å². The van der Waals surface area contributed by atoms with Crippen LogP contribution in [-0.4, -0.2) is 27.6 Å². The first-order valence-electron chi connectivity index (χ1n) is 9.38. The highest BCUT2D eigenvalue weighted by atomic mass is 19.1. The maximum absolute atomic E-state index is 13.8. The minimum atomic E-state index is -0.786. The zero-order valence-corrected chi connectivity index (χ0v) is 16.3. The second-order valence-electron chi connectivity index (χ2n) is 7.02. The van der Waals surface area contributed by atoms with E-state index in [2.05, 4.69) is 15.7 Å². The SMILES string of the molecule is CC(C)[C@@H](NC(=O)c1ccccc1F)C(=O)NCc1cnn(-c2ccccc2)c1. The highest BCUT2D eigenvalue weighted by Gasteiger charge is 2.25. The molecule has 0 aliphatic carbocycles. The minimum absolute atomic E-state index is 0.0879. The number of carbonyl (C=O) groups excluding carboxylic acids is 2. The predicted molar refractivity (Wildman–Crippen MR) is 108 cm³/mol. The topological polar surface area (TPSA) is 76.0 Å². The molecule has 0 unspecified atom stereocenters. The quantitative estimate of drug-likeness (QED) is 0.647. The van der Waals surface area contributed by atoms with E-state index in [0.717, 1.165) is 11.3 Å². The molecule has 2 aromatic carbocycles. The number of hydrogen-bond donors (Lipinski definition) is 2. The van der Waals surface area contributed by atoms with Gasteiger partial charge in [-0.1, -0.05) is 44.2 Å². The van der Waals surface area contributed by atoms with Crippen molar-refractivity contribution in [2.45, 2.75) is 26.4 Å². The number of hydrogen-bond acceptors (Lipinski definition) is 3. The van der Waals surface area contributed by atoms with Crippen molar-refractivity contribution in [2.24, 2.45) is 5.92 Å². The molecule has 0 bridgehead atoms. The van der Waals surface area contributed by atoms with Crippen molar-refractivity contribution in [3.63, 3.8) is 0 Å². The van der Waals surface area contributed by atoms with Gasteiger partial charge in [0, 0.05) is 18.3 Å². The molecule has 3 rings (SSSR count). The predicted octanol–water partition coefficient (Wildman–Crippen LogP) is 3.08. The number of halogens is 1. The Bertz CT molecular complexity index is 985. The van der Waals surface area contributed by atoms with Crippen molar-refractivity contribution < 1.29 is 14.0 Å². The number of nitrogens with zero attached hydrogens (tertiary/aromatic N) is 2. The third kappa shape index (κ3) is 5.07. The molecule has 2 N–H and O–H groups in total. The largest absolute Gasteiger partial charge is 0.350 e.